The number of piperidine rings is 1. The van der Waals surface area contributed by atoms with Crippen LogP contribution in [0.3, 0.4) is 0 Å². The second-order valence-corrected chi connectivity index (χ2v) is 7.03. The number of hydrogen-bond donors (Lipinski definition) is 1. The summed E-state index contributed by atoms with van der Waals surface area (Å²) >= 11 is 0. The molecule has 1 aromatic heterocycles. The number of hydrogen-bond acceptors (Lipinski definition) is 5. The highest BCUT2D eigenvalue weighted by molar-refractivity contribution is 5.95. The zero-order chi connectivity index (χ0) is 15.7. The number of nitrogens with one attached hydrogen (secondary N) is 1. The van der Waals surface area contributed by atoms with E-state index in [1.54, 1.807) is 0 Å². The molecule has 1 atom stereocenters. The quantitative estimate of drug-likeness (QED) is 0.912. The summed E-state index contributed by atoms with van der Waals surface area (Å²) in [5.74, 6) is 2.04. The van der Waals surface area contributed by atoms with Crippen molar-refractivity contribution in [2.75, 3.05) is 25.0 Å². The van der Waals surface area contributed by atoms with Crippen molar-refractivity contribution in [1.82, 2.24) is 14.7 Å². The number of anilines is 1. The van der Waals surface area contributed by atoms with Gasteiger partial charge in [-0.15, -0.1) is 0 Å². The van der Waals surface area contributed by atoms with Gasteiger partial charge in [0, 0.05) is 25.3 Å². The summed E-state index contributed by atoms with van der Waals surface area (Å²) in [5, 5.41) is 8.04. The Labute approximate surface area is 132 Å². The van der Waals surface area contributed by atoms with Gasteiger partial charge >= 0.3 is 0 Å². The van der Waals surface area contributed by atoms with E-state index in [-0.39, 0.29) is 5.54 Å². The van der Waals surface area contributed by atoms with Crippen LogP contribution in [0.4, 0.5) is 5.82 Å². The normalized spacial score (nSPS) is 22.1. The van der Waals surface area contributed by atoms with Crippen LogP contribution in [0.1, 0.15) is 46.1 Å². The summed E-state index contributed by atoms with van der Waals surface area (Å²) in [4.78, 5) is 7.02. The third-order valence-corrected chi connectivity index (χ3v) is 4.19. The summed E-state index contributed by atoms with van der Waals surface area (Å²) in [7, 11) is 0. The number of aromatic nitrogens is 2. The van der Waals surface area contributed by atoms with Gasteiger partial charge in [0.05, 0.1) is 24.4 Å². The van der Waals surface area contributed by atoms with E-state index in [2.05, 4.69) is 47.7 Å². The van der Waals surface area contributed by atoms with Crippen LogP contribution in [0, 0.1) is 0 Å². The number of nitrogens with zero attached hydrogens (tertiary/aromatic N) is 4. The molecule has 1 aromatic rings. The fourth-order valence-corrected chi connectivity index (χ4v) is 3.13. The molecule has 2 aliphatic heterocycles. The Morgan fingerprint density at radius 2 is 2.23 bits per heavy atom. The molecular weight excluding hydrogens is 278 g/mol. The Bertz CT molecular complexity index is 555. The Morgan fingerprint density at radius 3 is 2.95 bits per heavy atom. The molecule has 1 fully saturated rings. The third kappa shape index (κ3) is 2.97. The topological polar surface area (TPSA) is 54.7 Å². The first-order valence-electron chi connectivity index (χ1n) is 8.24. The summed E-state index contributed by atoms with van der Waals surface area (Å²) in [6.45, 7) is 12.0. The van der Waals surface area contributed by atoms with Crippen LogP contribution < -0.4 is 5.32 Å². The van der Waals surface area contributed by atoms with Gasteiger partial charge in [-0.2, -0.15) is 5.10 Å². The Balaban J connectivity index is 1.75. The number of fused-ring (bicyclic) bond motifs is 1. The maximum Gasteiger partial charge on any atom is 0.200 e. The molecule has 0 bridgehead atoms. The molecular formula is C16H27N5O. The predicted octanol–water partition coefficient (Wildman–Crippen LogP) is 2.42. The molecule has 1 N–H and O–H groups in total. The van der Waals surface area contributed by atoms with Crippen molar-refractivity contribution in [2.45, 2.75) is 58.7 Å². The first-order chi connectivity index (χ1) is 10.5. The minimum Gasteiger partial charge on any atom is -0.377 e. The van der Waals surface area contributed by atoms with Gasteiger partial charge in [0.2, 0.25) is 0 Å². The smallest absolute Gasteiger partial charge is 0.200 e. The molecule has 1 unspecified atom stereocenters. The van der Waals surface area contributed by atoms with Gasteiger partial charge in [-0.25, -0.2) is 9.67 Å². The molecule has 3 rings (SSSR count). The fourth-order valence-electron chi connectivity index (χ4n) is 3.13. The van der Waals surface area contributed by atoms with Crippen molar-refractivity contribution in [3.63, 3.8) is 0 Å². The van der Waals surface area contributed by atoms with Crippen LogP contribution >= 0.6 is 0 Å². The lowest BCUT2D eigenvalue weighted by Gasteiger charge is -2.36. The minimum absolute atomic E-state index is 0.0429. The summed E-state index contributed by atoms with van der Waals surface area (Å²) in [6, 6.07) is 0. The minimum atomic E-state index is -0.0429. The SMILES string of the molecule is CCOC1CCCN(C2=NCc3cnn(C(C)(C)C)c3N2)C1. The highest BCUT2D eigenvalue weighted by Crippen LogP contribution is 2.27. The van der Waals surface area contributed by atoms with Crippen LogP contribution in [0.25, 0.3) is 0 Å². The average Bonchev–Trinajstić information content (AvgIpc) is 2.91. The molecule has 1 saturated heterocycles. The largest absolute Gasteiger partial charge is 0.377 e. The Morgan fingerprint density at radius 1 is 1.41 bits per heavy atom. The Kier molecular flexibility index (Phi) is 4.12. The van der Waals surface area contributed by atoms with Crippen molar-refractivity contribution in [3.05, 3.63) is 11.8 Å². The summed E-state index contributed by atoms with van der Waals surface area (Å²) in [6.07, 6.45) is 4.53. The van der Waals surface area contributed by atoms with E-state index in [9.17, 15) is 0 Å². The molecule has 0 radical (unpaired) electrons. The average molecular weight is 305 g/mol. The van der Waals surface area contributed by atoms with Crippen molar-refractivity contribution in [3.8, 4) is 0 Å². The van der Waals surface area contributed by atoms with E-state index >= 15 is 0 Å². The Hall–Kier alpha value is -1.56. The third-order valence-electron chi connectivity index (χ3n) is 4.19. The maximum atomic E-state index is 5.79. The van der Waals surface area contributed by atoms with E-state index in [0.29, 0.717) is 12.6 Å². The molecule has 0 aliphatic carbocycles. The van der Waals surface area contributed by atoms with Crippen LogP contribution in [0.2, 0.25) is 0 Å². The van der Waals surface area contributed by atoms with E-state index in [1.807, 2.05) is 6.20 Å². The number of ether oxygens (including phenoxy) is 1. The van der Waals surface area contributed by atoms with Gasteiger partial charge in [0.1, 0.15) is 5.82 Å². The number of guanidine groups is 1. The zero-order valence-corrected chi connectivity index (χ0v) is 14.1. The maximum absolute atomic E-state index is 5.79. The van der Waals surface area contributed by atoms with Crippen molar-refractivity contribution in [2.24, 2.45) is 4.99 Å². The monoisotopic (exact) mass is 305 g/mol. The van der Waals surface area contributed by atoms with Gasteiger partial charge in [-0.05, 0) is 40.5 Å². The number of aliphatic imine (C=N–C) groups is 1. The van der Waals surface area contributed by atoms with E-state index < -0.39 is 0 Å². The summed E-state index contributed by atoms with van der Waals surface area (Å²) in [5.41, 5.74) is 1.12. The zero-order valence-electron chi connectivity index (χ0n) is 14.1. The second-order valence-electron chi connectivity index (χ2n) is 7.03. The second kappa shape index (κ2) is 5.91. The lowest BCUT2D eigenvalue weighted by Crippen LogP contribution is -2.47. The highest BCUT2D eigenvalue weighted by Gasteiger charge is 2.28. The lowest BCUT2D eigenvalue weighted by molar-refractivity contribution is 0.0234. The molecule has 6 nitrogen and oxygen atoms in total. The molecule has 6 heteroatoms. The van der Waals surface area contributed by atoms with Gasteiger partial charge in [0.25, 0.3) is 0 Å². The molecule has 3 heterocycles. The van der Waals surface area contributed by atoms with Crippen LogP contribution in [-0.2, 0) is 16.8 Å². The molecule has 22 heavy (non-hydrogen) atoms. The van der Waals surface area contributed by atoms with Gasteiger partial charge in [0.15, 0.2) is 5.96 Å². The highest BCUT2D eigenvalue weighted by atomic mass is 16.5. The van der Waals surface area contributed by atoms with Crippen molar-refractivity contribution >= 4 is 11.8 Å². The van der Waals surface area contributed by atoms with Gasteiger partial charge < -0.3 is 15.0 Å². The van der Waals surface area contributed by atoms with E-state index in [1.165, 1.54) is 0 Å². The summed E-state index contributed by atoms with van der Waals surface area (Å²) < 4.78 is 7.85. The van der Waals surface area contributed by atoms with Crippen LogP contribution in [0.15, 0.2) is 11.2 Å². The molecule has 2 aliphatic rings. The number of rotatable bonds is 2. The first kappa shape index (κ1) is 15.3. The molecule has 122 valence electrons. The van der Waals surface area contributed by atoms with Crippen LogP contribution in [0.5, 0.6) is 0 Å². The predicted molar refractivity (Wildman–Crippen MR) is 88.2 cm³/mol. The van der Waals surface area contributed by atoms with Crippen molar-refractivity contribution < 1.29 is 4.74 Å². The standard InChI is InChI=1S/C16H27N5O/c1-5-22-13-7-6-8-20(11-13)15-17-9-12-10-18-21(14(12)19-15)16(2,3)4/h10,13H,5-9,11H2,1-4H3,(H,17,19). The van der Waals surface area contributed by atoms with E-state index in [0.717, 1.165) is 49.9 Å². The number of likely N-dealkylation sites (tertiary alicyclic amines) is 1. The van der Waals surface area contributed by atoms with Gasteiger partial charge in [-0.1, -0.05) is 0 Å². The van der Waals surface area contributed by atoms with Crippen LogP contribution in [-0.4, -0.2) is 46.4 Å². The molecule has 0 amide bonds. The van der Waals surface area contributed by atoms with Gasteiger partial charge in [-0.3, -0.25) is 0 Å². The first-order valence-corrected chi connectivity index (χ1v) is 8.24. The van der Waals surface area contributed by atoms with Crippen molar-refractivity contribution in [1.29, 1.82) is 0 Å². The molecule has 0 saturated carbocycles. The fraction of sp³-hybridized carbons (Fsp3) is 0.750. The lowest BCUT2D eigenvalue weighted by atomic mass is 10.1. The molecule has 0 aromatic carbocycles. The van der Waals surface area contributed by atoms with E-state index in [4.69, 9.17) is 9.73 Å². The molecule has 0 spiro atoms.